The van der Waals surface area contributed by atoms with E-state index in [1.165, 1.54) is 51.7 Å². The van der Waals surface area contributed by atoms with Crippen LogP contribution in [0.1, 0.15) is 39.0 Å². The average molecular weight is 198 g/mol. The summed E-state index contributed by atoms with van der Waals surface area (Å²) in [5, 5.41) is 3.38. The minimum Gasteiger partial charge on any atom is -0.317 e. The molecule has 1 saturated heterocycles. The molecule has 1 rings (SSSR count). The maximum Gasteiger partial charge on any atom is -0.00191 e. The molecule has 0 bridgehead atoms. The first-order chi connectivity index (χ1) is 6.83. The monoisotopic (exact) mass is 198 g/mol. The molecule has 1 heterocycles. The fourth-order valence-corrected chi connectivity index (χ4v) is 2.21. The lowest BCUT2D eigenvalue weighted by atomic mass is 9.92. The predicted octanol–water partition coefficient (Wildman–Crippen LogP) is 2.11. The Morgan fingerprint density at radius 3 is 2.57 bits per heavy atom. The van der Waals surface area contributed by atoms with Crippen LogP contribution in [0.3, 0.4) is 0 Å². The van der Waals surface area contributed by atoms with Crippen LogP contribution in [0.25, 0.3) is 0 Å². The van der Waals surface area contributed by atoms with Crippen molar-refractivity contribution in [1.29, 1.82) is 0 Å². The Morgan fingerprint density at radius 1 is 1.21 bits per heavy atom. The highest BCUT2D eigenvalue weighted by atomic mass is 15.1. The van der Waals surface area contributed by atoms with Crippen LogP contribution < -0.4 is 5.32 Å². The highest BCUT2D eigenvalue weighted by molar-refractivity contribution is 4.69. The number of rotatable bonds is 6. The maximum absolute atomic E-state index is 3.38. The number of nitrogens with one attached hydrogen (secondary N) is 1. The summed E-state index contributed by atoms with van der Waals surface area (Å²) in [5.41, 5.74) is 0. The van der Waals surface area contributed by atoms with Gasteiger partial charge < -0.3 is 10.2 Å². The first-order valence-electron chi connectivity index (χ1n) is 6.22. The van der Waals surface area contributed by atoms with Crippen molar-refractivity contribution in [2.75, 3.05) is 33.2 Å². The Bertz CT molecular complexity index is 128. The molecule has 0 aliphatic carbocycles. The summed E-state index contributed by atoms with van der Waals surface area (Å²) < 4.78 is 0. The van der Waals surface area contributed by atoms with Gasteiger partial charge in [-0.25, -0.2) is 0 Å². The molecule has 0 saturated carbocycles. The van der Waals surface area contributed by atoms with E-state index >= 15 is 0 Å². The lowest BCUT2D eigenvalue weighted by Gasteiger charge is -2.28. The van der Waals surface area contributed by atoms with Crippen LogP contribution in [0.15, 0.2) is 0 Å². The average Bonchev–Trinajstić information content (AvgIpc) is 2.21. The molecule has 0 spiro atoms. The molecule has 1 aliphatic heterocycles. The van der Waals surface area contributed by atoms with Gasteiger partial charge in [0.25, 0.3) is 0 Å². The van der Waals surface area contributed by atoms with Crippen molar-refractivity contribution < 1.29 is 0 Å². The number of likely N-dealkylation sites (tertiary alicyclic amines) is 1. The van der Waals surface area contributed by atoms with Gasteiger partial charge >= 0.3 is 0 Å². The molecule has 1 aliphatic rings. The van der Waals surface area contributed by atoms with Crippen LogP contribution in [0, 0.1) is 5.92 Å². The third-order valence-electron chi connectivity index (χ3n) is 3.30. The van der Waals surface area contributed by atoms with Crippen molar-refractivity contribution in [3.8, 4) is 0 Å². The fraction of sp³-hybridized carbons (Fsp3) is 1.00. The summed E-state index contributed by atoms with van der Waals surface area (Å²) in [6.45, 7) is 7.14. The van der Waals surface area contributed by atoms with Crippen molar-refractivity contribution in [2.24, 2.45) is 5.92 Å². The molecule has 2 nitrogen and oxygen atoms in total. The Kier molecular flexibility index (Phi) is 6.20. The van der Waals surface area contributed by atoms with Crippen LogP contribution >= 0.6 is 0 Å². The Balaban J connectivity index is 1.91. The molecular weight excluding hydrogens is 172 g/mol. The zero-order valence-electron chi connectivity index (χ0n) is 9.89. The highest BCUT2D eigenvalue weighted by Crippen LogP contribution is 2.21. The fourth-order valence-electron chi connectivity index (χ4n) is 2.21. The van der Waals surface area contributed by atoms with Gasteiger partial charge in [-0.15, -0.1) is 0 Å². The van der Waals surface area contributed by atoms with Gasteiger partial charge in [-0.2, -0.15) is 0 Å². The Hall–Kier alpha value is -0.0800. The molecule has 1 fully saturated rings. The summed E-state index contributed by atoms with van der Waals surface area (Å²) in [6.07, 6.45) is 7.09. The summed E-state index contributed by atoms with van der Waals surface area (Å²) in [7, 11) is 2.24. The predicted molar refractivity (Wildman–Crippen MR) is 62.6 cm³/mol. The topological polar surface area (TPSA) is 15.3 Å². The Morgan fingerprint density at radius 2 is 1.93 bits per heavy atom. The van der Waals surface area contributed by atoms with Gasteiger partial charge in [-0.3, -0.25) is 0 Å². The molecule has 0 aromatic rings. The lowest BCUT2D eigenvalue weighted by molar-refractivity contribution is 0.209. The van der Waals surface area contributed by atoms with E-state index in [0.717, 1.165) is 12.5 Å². The van der Waals surface area contributed by atoms with E-state index in [0.29, 0.717) is 0 Å². The second-order valence-corrected chi connectivity index (χ2v) is 4.60. The minimum absolute atomic E-state index is 1.02. The van der Waals surface area contributed by atoms with E-state index in [9.17, 15) is 0 Å². The third-order valence-corrected chi connectivity index (χ3v) is 3.30. The van der Waals surface area contributed by atoms with E-state index in [2.05, 4.69) is 24.2 Å². The third kappa shape index (κ3) is 4.97. The first-order valence-corrected chi connectivity index (χ1v) is 6.22. The van der Waals surface area contributed by atoms with Crippen LogP contribution in [-0.2, 0) is 0 Å². The summed E-state index contributed by atoms with van der Waals surface area (Å²) >= 11 is 0. The van der Waals surface area contributed by atoms with Gasteiger partial charge in [0.05, 0.1) is 0 Å². The molecule has 1 N–H and O–H groups in total. The van der Waals surface area contributed by atoms with Crippen molar-refractivity contribution >= 4 is 0 Å². The van der Waals surface area contributed by atoms with Gasteiger partial charge in [0.1, 0.15) is 0 Å². The van der Waals surface area contributed by atoms with Gasteiger partial charge in [0.15, 0.2) is 0 Å². The molecule has 0 aromatic carbocycles. The van der Waals surface area contributed by atoms with E-state index in [1.54, 1.807) is 0 Å². The smallest absolute Gasteiger partial charge is 0.00191 e. The van der Waals surface area contributed by atoms with E-state index in [4.69, 9.17) is 0 Å². The number of hydrogen-bond donors (Lipinski definition) is 1. The van der Waals surface area contributed by atoms with Crippen molar-refractivity contribution in [3.05, 3.63) is 0 Å². The summed E-state index contributed by atoms with van der Waals surface area (Å²) in [4.78, 5) is 2.45. The van der Waals surface area contributed by atoms with Crippen LogP contribution in [-0.4, -0.2) is 38.1 Å². The minimum atomic E-state index is 1.02. The SMILES string of the molecule is CCNCCCCC1CCN(C)CC1. The number of nitrogens with zero attached hydrogens (tertiary/aromatic N) is 1. The van der Waals surface area contributed by atoms with Gasteiger partial charge in [0, 0.05) is 0 Å². The van der Waals surface area contributed by atoms with Crippen LogP contribution in [0.5, 0.6) is 0 Å². The van der Waals surface area contributed by atoms with Crippen LogP contribution in [0.2, 0.25) is 0 Å². The molecule has 84 valence electrons. The molecule has 2 heteroatoms. The normalized spacial score (nSPS) is 20.1. The standard InChI is InChI=1S/C12H26N2/c1-3-13-9-5-4-6-12-7-10-14(2)11-8-12/h12-13H,3-11H2,1-2H3. The zero-order chi connectivity index (χ0) is 10.2. The highest BCUT2D eigenvalue weighted by Gasteiger charge is 2.15. The number of unbranched alkanes of at least 4 members (excludes halogenated alkanes) is 1. The molecule has 0 unspecified atom stereocenters. The van der Waals surface area contributed by atoms with Crippen molar-refractivity contribution in [1.82, 2.24) is 10.2 Å². The van der Waals surface area contributed by atoms with E-state index < -0.39 is 0 Å². The molecular formula is C12H26N2. The zero-order valence-corrected chi connectivity index (χ0v) is 9.89. The molecule has 14 heavy (non-hydrogen) atoms. The Labute approximate surface area is 89.1 Å². The van der Waals surface area contributed by atoms with E-state index in [1.807, 2.05) is 0 Å². The largest absolute Gasteiger partial charge is 0.317 e. The summed E-state index contributed by atoms with van der Waals surface area (Å²) in [5.74, 6) is 1.02. The quantitative estimate of drug-likeness (QED) is 0.658. The molecule has 0 amide bonds. The molecule has 0 atom stereocenters. The maximum atomic E-state index is 3.38. The van der Waals surface area contributed by atoms with Gasteiger partial charge in [-0.05, 0) is 58.4 Å². The van der Waals surface area contributed by atoms with Gasteiger partial charge in [0.2, 0.25) is 0 Å². The summed E-state index contributed by atoms with van der Waals surface area (Å²) in [6, 6.07) is 0. The van der Waals surface area contributed by atoms with Crippen LogP contribution in [0.4, 0.5) is 0 Å². The van der Waals surface area contributed by atoms with Crippen molar-refractivity contribution in [3.63, 3.8) is 0 Å². The van der Waals surface area contributed by atoms with E-state index in [-0.39, 0.29) is 0 Å². The second kappa shape index (κ2) is 7.24. The number of piperidine rings is 1. The lowest BCUT2D eigenvalue weighted by Crippen LogP contribution is -2.30. The number of hydrogen-bond acceptors (Lipinski definition) is 2. The molecule has 0 radical (unpaired) electrons. The first kappa shape index (κ1) is 12.0. The second-order valence-electron chi connectivity index (χ2n) is 4.60. The molecule has 0 aromatic heterocycles. The van der Waals surface area contributed by atoms with Gasteiger partial charge in [-0.1, -0.05) is 19.8 Å². The van der Waals surface area contributed by atoms with Crippen molar-refractivity contribution in [2.45, 2.75) is 39.0 Å².